The molecule has 22 heavy (non-hydrogen) atoms. The molecule has 1 aromatic carbocycles. The summed E-state index contributed by atoms with van der Waals surface area (Å²) in [6.07, 6.45) is -2.20. The van der Waals surface area contributed by atoms with E-state index in [1.54, 1.807) is 0 Å². The highest BCUT2D eigenvalue weighted by Crippen LogP contribution is 2.58. The first-order valence-corrected chi connectivity index (χ1v) is 7.20. The third kappa shape index (κ3) is 2.82. The van der Waals surface area contributed by atoms with Gasteiger partial charge in [0, 0.05) is 11.6 Å². The van der Waals surface area contributed by atoms with E-state index in [0.717, 1.165) is 44.5 Å². The van der Waals surface area contributed by atoms with Crippen molar-refractivity contribution >= 4 is 11.6 Å². The number of hydrogen-bond acceptors (Lipinski definition) is 2. The van der Waals surface area contributed by atoms with Gasteiger partial charge in [-0.1, -0.05) is 0 Å². The highest BCUT2D eigenvalue weighted by Gasteiger charge is 2.57. The third-order valence-corrected chi connectivity index (χ3v) is 4.64. The molecule has 3 rings (SSSR count). The zero-order valence-electron chi connectivity index (χ0n) is 11.8. The van der Waals surface area contributed by atoms with Crippen molar-refractivity contribution in [2.75, 3.05) is 18.4 Å². The number of anilines is 1. The van der Waals surface area contributed by atoms with Crippen LogP contribution >= 0.6 is 0 Å². The average Bonchev–Trinajstić information content (AvgIpc) is 3.14. The Morgan fingerprint density at radius 1 is 1.27 bits per heavy atom. The minimum atomic E-state index is -4.78. The summed E-state index contributed by atoms with van der Waals surface area (Å²) >= 11 is 0. The van der Waals surface area contributed by atoms with E-state index in [-0.39, 0.29) is 22.9 Å². The number of carbonyl (C=O) groups is 1. The molecule has 0 radical (unpaired) electrons. The zero-order chi connectivity index (χ0) is 16.0. The van der Waals surface area contributed by atoms with Crippen LogP contribution in [0.3, 0.4) is 0 Å². The number of carbonyl (C=O) groups excluding carboxylic acids is 1. The van der Waals surface area contributed by atoms with Crippen molar-refractivity contribution in [3.05, 3.63) is 29.6 Å². The number of alkyl halides is 3. The van der Waals surface area contributed by atoms with E-state index < -0.39 is 17.6 Å². The predicted molar refractivity (Wildman–Crippen MR) is 72.7 cm³/mol. The number of piperidine rings is 1. The molecule has 1 aromatic rings. The molecule has 120 valence electrons. The molecule has 3 nitrogen and oxygen atoms in total. The van der Waals surface area contributed by atoms with Crippen molar-refractivity contribution in [1.82, 2.24) is 5.32 Å². The molecule has 1 aliphatic heterocycles. The first kappa shape index (κ1) is 15.3. The van der Waals surface area contributed by atoms with Gasteiger partial charge in [-0.25, -0.2) is 4.39 Å². The van der Waals surface area contributed by atoms with Gasteiger partial charge in [-0.15, -0.1) is 0 Å². The largest absolute Gasteiger partial charge is 0.419 e. The summed E-state index contributed by atoms with van der Waals surface area (Å²) in [5.74, 6) is -1.78. The van der Waals surface area contributed by atoms with Crippen LogP contribution in [0.4, 0.5) is 23.2 Å². The fourth-order valence-electron chi connectivity index (χ4n) is 3.25. The first-order valence-electron chi connectivity index (χ1n) is 7.20. The van der Waals surface area contributed by atoms with Crippen molar-refractivity contribution < 1.29 is 22.4 Å². The molecular formula is C15H16F4N2O. The number of amides is 1. The Hall–Kier alpha value is -1.63. The van der Waals surface area contributed by atoms with Gasteiger partial charge in [0.1, 0.15) is 5.82 Å². The molecule has 7 heteroatoms. The van der Waals surface area contributed by atoms with Crippen LogP contribution in [0, 0.1) is 17.2 Å². The summed E-state index contributed by atoms with van der Waals surface area (Å²) in [7, 11) is 0. The van der Waals surface area contributed by atoms with Crippen molar-refractivity contribution in [2.45, 2.75) is 25.4 Å². The summed E-state index contributed by atoms with van der Waals surface area (Å²) in [6, 6.07) is 2.52. The van der Waals surface area contributed by atoms with Gasteiger partial charge >= 0.3 is 6.18 Å². The van der Waals surface area contributed by atoms with E-state index in [1.807, 2.05) is 0 Å². The number of rotatable bonds is 2. The molecule has 1 spiro atoms. The average molecular weight is 316 g/mol. The van der Waals surface area contributed by atoms with Crippen molar-refractivity contribution in [1.29, 1.82) is 0 Å². The van der Waals surface area contributed by atoms with Crippen LogP contribution in [0.25, 0.3) is 0 Å². The summed E-state index contributed by atoms with van der Waals surface area (Å²) in [5.41, 5.74) is -1.38. The summed E-state index contributed by atoms with van der Waals surface area (Å²) in [4.78, 5) is 12.2. The zero-order valence-corrected chi connectivity index (χ0v) is 11.8. The lowest BCUT2D eigenvalue weighted by Gasteiger charge is -2.23. The second kappa shape index (κ2) is 5.22. The molecule has 2 fully saturated rings. The Morgan fingerprint density at radius 2 is 1.95 bits per heavy atom. The maximum absolute atomic E-state index is 13.2. The van der Waals surface area contributed by atoms with Crippen LogP contribution in [0.2, 0.25) is 0 Å². The van der Waals surface area contributed by atoms with Gasteiger partial charge in [-0.2, -0.15) is 13.2 Å². The standard InChI is InChI=1S/C15H16F4N2O/c16-12-2-1-9(7-10(12)15(17,18)19)21-13(22)11-8-14(11)3-5-20-6-4-14/h1-2,7,11,20H,3-6,8H2,(H,21,22). The maximum Gasteiger partial charge on any atom is 0.419 e. The Labute approximate surface area is 125 Å². The van der Waals surface area contributed by atoms with Gasteiger partial charge in [0.15, 0.2) is 0 Å². The topological polar surface area (TPSA) is 41.1 Å². The van der Waals surface area contributed by atoms with Gasteiger partial charge in [0.25, 0.3) is 0 Å². The van der Waals surface area contributed by atoms with Gasteiger partial charge in [0.05, 0.1) is 5.56 Å². The van der Waals surface area contributed by atoms with E-state index in [0.29, 0.717) is 6.07 Å². The quantitative estimate of drug-likeness (QED) is 0.823. The second-order valence-corrected chi connectivity index (χ2v) is 6.05. The molecule has 1 unspecified atom stereocenters. The fourth-order valence-corrected chi connectivity index (χ4v) is 3.25. The van der Waals surface area contributed by atoms with Crippen LogP contribution < -0.4 is 10.6 Å². The highest BCUT2D eigenvalue weighted by molar-refractivity contribution is 5.95. The first-order chi connectivity index (χ1) is 10.3. The molecule has 1 aliphatic carbocycles. The van der Waals surface area contributed by atoms with Crippen LogP contribution in [0.5, 0.6) is 0 Å². The molecule has 2 N–H and O–H groups in total. The lowest BCUT2D eigenvalue weighted by Crippen LogP contribution is -2.31. The minimum absolute atomic E-state index is 0.00220. The van der Waals surface area contributed by atoms with Gasteiger partial charge in [-0.3, -0.25) is 4.79 Å². The minimum Gasteiger partial charge on any atom is -0.326 e. The molecule has 1 saturated heterocycles. The van der Waals surface area contributed by atoms with E-state index in [2.05, 4.69) is 10.6 Å². The Balaban J connectivity index is 1.70. The molecular weight excluding hydrogens is 300 g/mol. The number of hydrogen-bond donors (Lipinski definition) is 2. The van der Waals surface area contributed by atoms with Gasteiger partial charge < -0.3 is 10.6 Å². The summed E-state index contributed by atoms with van der Waals surface area (Å²) in [5, 5.41) is 5.71. The summed E-state index contributed by atoms with van der Waals surface area (Å²) in [6.45, 7) is 1.72. The van der Waals surface area contributed by atoms with E-state index >= 15 is 0 Å². The lowest BCUT2D eigenvalue weighted by molar-refractivity contribution is -0.140. The molecule has 0 bridgehead atoms. The molecule has 2 aliphatic rings. The second-order valence-electron chi connectivity index (χ2n) is 6.05. The monoisotopic (exact) mass is 316 g/mol. The molecule has 1 amide bonds. The van der Waals surface area contributed by atoms with E-state index in [9.17, 15) is 22.4 Å². The Kier molecular flexibility index (Phi) is 3.63. The van der Waals surface area contributed by atoms with Crippen LogP contribution in [-0.2, 0) is 11.0 Å². The predicted octanol–water partition coefficient (Wildman–Crippen LogP) is 3.17. The van der Waals surface area contributed by atoms with E-state index in [1.165, 1.54) is 0 Å². The van der Waals surface area contributed by atoms with E-state index in [4.69, 9.17) is 0 Å². The molecule has 1 atom stereocenters. The van der Waals surface area contributed by atoms with Crippen LogP contribution in [0.15, 0.2) is 18.2 Å². The van der Waals surface area contributed by atoms with Crippen molar-refractivity contribution in [2.24, 2.45) is 11.3 Å². The molecule has 1 heterocycles. The lowest BCUT2D eigenvalue weighted by atomic mass is 9.92. The Morgan fingerprint density at radius 3 is 2.59 bits per heavy atom. The van der Waals surface area contributed by atoms with Gasteiger partial charge in [-0.05, 0) is 56.0 Å². The smallest absolute Gasteiger partial charge is 0.326 e. The number of benzene rings is 1. The van der Waals surface area contributed by atoms with Crippen LogP contribution in [0.1, 0.15) is 24.8 Å². The highest BCUT2D eigenvalue weighted by atomic mass is 19.4. The van der Waals surface area contributed by atoms with Crippen molar-refractivity contribution in [3.8, 4) is 0 Å². The fraction of sp³-hybridized carbons (Fsp3) is 0.533. The summed E-state index contributed by atoms with van der Waals surface area (Å²) < 4.78 is 51.2. The SMILES string of the molecule is O=C(Nc1ccc(F)c(C(F)(F)F)c1)C1CC12CCNCC2. The molecule has 1 saturated carbocycles. The normalized spacial score (nSPS) is 23.4. The van der Waals surface area contributed by atoms with Crippen LogP contribution in [-0.4, -0.2) is 19.0 Å². The van der Waals surface area contributed by atoms with Gasteiger partial charge in [0.2, 0.25) is 5.91 Å². The number of nitrogens with one attached hydrogen (secondary N) is 2. The maximum atomic E-state index is 13.2. The molecule has 0 aromatic heterocycles. The van der Waals surface area contributed by atoms with Crippen molar-refractivity contribution in [3.63, 3.8) is 0 Å². The third-order valence-electron chi connectivity index (χ3n) is 4.64. The Bertz CT molecular complexity index is 594. The number of halogens is 4.